The Morgan fingerprint density at radius 2 is 2.03 bits per heavy atom. The highest BCUT2D eigenvalue weighted by atomic mass is 19.1. The van der Waals surface area contributed by atoms with Crippen LogP contribution in [0.2, 0.25) is 0 Å². The second-order valence-electron chi connectivity index (χ2n) is 7.41. The van der Waals surface area contributed by atoms with Crippen LogP contribution >= 0.6 is 0 Å². The van der Waals surface area contributed by atoms with Gasteiger partial charge in [-0.2, -0.15) is 0 Å². The molecule has 0 saturated heterocycles. The van der Waals surface area contributed by atoms with Crippen molar-refractivity contribution in [1.29, 1.82) is 0 Å². The van der Waals surface area contributed by atoms with Crippen LogP contribution in [0, 0.1) is 5.82 Å². The molecule has 8 nitrogen and oxygen atoms in total. The zero-order valence-corrected chi connectivity index (χ0v) is 16.9. The SMILES string of the molecule is CC(C)(O)c1ccc(CNC(=O)c2cncnc2Oc2ccc3c(c2)OCO3)c(F)c1. The third-order valence-electron chi connectivity index (χ3n) is 4.68. The maximum atomic E-state index is 14.4. The van der Waals surface area contributed by atoms with Crippen molar-refractivity contribution in [2.24, 2.45) is 0 Å². The first kappa shape index (κ1) is 20.5. The molecule has 0 unspecified atom stereocenters. The van der Waals surface area contributed by atoms with Gasteiger partial charge in [0.15, 0.2) is 11.5 Å². The lowest BCUT2D eigenvalue weighted by Crippen LogP contribution is -2.24. The fraction of sp³-hybridized carbons (Fsp3) is 0.227. The smallest absolute Gasteiger partial charge is 0.258 e. The van der Waals surface area contributed by atoms with E-state index in [1.54, 1.807) is 38.1 Å². The predicted octanol–water partition coefficient (Wildman–Crippen LogP) is 3.29. The van der Waals surface area contributed by atoms with E-state index in [0.717, 1.165) is 0 Å². The summed E-state index contributed by atoms with van der Waals surface area (Å²) in [6.07, 6.45) is 2.58. The Morgan fingerprint density at radius 3 is 2.81 bits per heavy atom. The van der Waals surface area contributed by atoms with Crippen LogP contribution in [0.25, 0.3) is 0 Å². The fourth-order valence-electron chi connectivity index (χ4n) is 2.95. The third-order valence-corrected chi connectivity index (χ3v) is 4.68. The van der Waals surface area contributed by atoms with E-state index in [1.165, 1.54) is 24.7 Å². The van der Waals surface area contributed by atoms with Gasteiger partial charge in [0, 0.05) is 24.4 Å². The van der Waals surface area contributed by atoms with Crippen LogP contribution in [0.4, 0.5) is 4.39 Å². The number of ether oxygens (including phenoxy) is 3. The average molecular weight is 425 g/mol. The lowest BCUT2D eigenvalue weighted by atomic mass is 9.97. The number of nitrogens with zero attached hydrogens (tertiary/aromatic N) is 2. The quantitative estimate of drug-likeness (QED) is 0.625. The van der Waals surface area contributed by atoms with Gasteiger partial charge in [0.1, 0.15) is 23.5 Å². The molecule has 4 rings (SSSR count). The minimum absolute atomic E-state index is 0.0456. The summed E-state index contributed by atoms with van der Waals surface area (Å²) in [7, 11) is 0. The highest BCUT2D eigenvalue weighted by molar-refractivity contribution is 5.96. The number of aromatic nitrogens is 2. The number of hydrogen-bond donors (Lipinski definition) is 2. The van der Waals surface area contributed by atoms with E-state index in [1.807, 2.05) is 0 Å². The maximum Gasteiger partial charge on any atom is 0.258 e. The van der Waals surface area contributed by atoms with Gasteiger partial charge in [0.25, 0.3) is 5.91 Å². The van der Waals surface area contributed by atoms with E-state index in [4.69, 9.17) is 14.2 Å². The molecule has 2 N–H and O–H groups in total. The van der Waals surface area contributed by atoms with E-state index in [0.29, 0.717) is 22.8 Å². The van der Waals surface area contributed by atoms with Gasteiger partial charge in [-0.1, -0.05) is 12.1 Å². The zero-order valence-electron chi connectivity index (χ0n) is 16.9. The first-order valence-electron chi connectivity index (χ1n) is 9.48. The normalized spacial score (nSPS) is 12.5. The molecule has 3 aromatic rings. The summed E-state index contributed by atoms with van der Waals surface area (Å²) in [4.78, 5) is 20.6. The van der Waals surface area contributed by atoms with E-state index >= 15 is 0 Å². The van der Waals surface area contributed by atoms with Gasteiger partial charge < -0.3 is 24.6 Å². The summed E-state index contributed by atoms with van der Waals surface area (Å²) in [6, 6.07) is 9.38. The molecule has 0 saturated carbocycles. The largest absolute Gasteiger partial charge is 0.454 e. The molecular weight excluding hydrogens is 405 g/mol. The van der Waals surface area contributed by atoms with Gasteiger partial charge in [-0.15, -0.1) is 0 Å². The minimum Gasteiger partial charge on any atom is -0.454 e. The van der Waals surface area contributed by atoms with Crippen LogP contribution in [0.5, 0.6) is 23.1 Å². The van der Waals surface area contributed by atoms with Crippen molar-refractivity contribution in [3.05, 3.63) is 71.4 Å². The molecule has 0 aliphatic carbocycles. The predicted molar refractivity (Wildman–Crippen MR) is 107 cm³/mol. The molecule has 0 bridgehead atoms. The van der Waals surface area contributed by atoms with Crippen molar-refractivity contribution in [3.8, 4) is 23.1 Å². The van der Waals surface area contributed by atoms with Crippen molar-refractivity contribution < 1.29 is 28.5 Å². The first-order valence-corrected chi connectivity index (χ1v) is 9.48. The maximum absolute atomic E-state index is 14.4. The molecule has 1 amide bonds. The molecule has 1 aromatic heterocycles. The number of fused-ring (bicyclic) bond motifs is 1. The monoisotopic (exact) mass is 425 g/mol. The van der Waals surface area contributed by atoms with Gasteiger partial charge in [-0.25, -0.2) is 14.4 Å². The van der Waals surface area contributed by atoms with Crippen molar-refractivity contribution in [1.82, 2.24) is 15.3 Å². The number of nitrogens with one attached hydrogen (secondary N) is 1. The molecule has 2 heterocycles. The van der Waals surface area contributed by atoms with E-state index in [2.05, 4.69) is 15.3 Å². The summed E-state index contributed by atoms with van der Waals surface area (Å²) in [5, 5.41) is 12.6. The van der Waals surface area contributed by atoms with Crippen molar-refractivity contribution in [3.63, 3.8) is 0 Å². The molecule has 160 valence electrons. The zero-order chi connectivity index (χ0) is 22.0. The number of carbonyl (C=O) groups excluding carboxylic acids is 1. The fourth-order valence-corrected chi connectivity index (χ4v) is 2.95. The van der Waals surface area contributed by atoms with Crippen LogP contribution in [0.15, 0.2) is 48.9 Å². The van der Waals surface area contributed by atoms with Gasteiger partial charge in [-0.3, -0.25) is 4.79 Å². The van der Waals surface area contributed by atoms with Crippen molar-refractivity contribution in [2.45, 2.75) is 26.0 Å². The van der Waals surface area contributed by atoms with Crippen molar-refractivity contribution in [2.75, 3.05) is 6.79 Å². The summed E-state index contributed by atoms with van der Waals surface area (Å²) < 4.78 is 30.7. The number of hydrogen-bond acceptors (Lipinski definition) is 7. The topological polar surface area (TPSA) is 103 Å². The Hall–Kier alpha value is -3.72. The Bertz CT molecular complexity index is 1130. The Balaban J connectivity index is 1.47. The van der Waals surface area contributed by atoms with Gasteiger partial charge in [0.2, 0.25) is 12.7 Å². The minimum atomic E-state index is -1.16. The molecule has 1 aliphatic heterocycles. The van der Waals surface area contributed by atoms with Crippen LogP contribution in [0.1, 0.15) is 35.3 Å². The summed E-state index contributed by atoms with van der Waals surface area (Å²) in [6.45, 7) is 3.21. The lowest BCUT2D eigenvalue weighted by molar-refractivity contribution is 0.0781. The molecule has 0 atom stereocenters. The molecular formula is C22H20FN3O5. The summed E-state index contributed by atoms with van der Waals surface area (Å²) in [5.74, 6) is 0.533. The van der Waals surface area contributed by atoms with Crippen molar-refractivity contribution >= 4 is 5.91 Å². The van der Waals surface area contributed by atoms with Crippen LogP contribution in [0.3, 0.4) is 0 Å². The summed E-state index contributed by atoms with van der Waals surface area (Å²) >= 11 is 0. The highest BCUT2D eigenvalue weighted by Crippen LogP contribution is 2.36. The number of aliphatic hydroxyl groups is 1. The second kappa shape index (κ2) is 8.19. The van der Waals surface area contributed by atoms with Gasteiger partial charge in [0.05, 0.1) is 5.60 Å². The Kier molecular flexibility index (Phi) is 5.43. The number of carbonyl (C=O) groups is 1. The first-order chi connectivity index (χ1) is 14.8. The standard InChI is InChI=1S/C22H20FN3O5/c1-22(2,28)14-4-3-13(17(23)7-14)9-25-20(27)16-10-24-11-26-21(16)31-15-5-6-18-19(8-15)30-12-29-18/h3-8,10-11,28H,9,12H2,1-2H3,(H,25,27). The van der Waals surface area contributed by atoms with E-state index < -0.39 is 17.3 Å². The third kappa shape index (κ3) is 4.56. The number of rotatable bonds is 6. The number of benzene rings is 2. The van der Waals surface area contributed by atoms with Crippen LogP contribution in [-0.2, 0) is 12.1 Å². The average Bonchev–Trinajstić information content (AvgIpc) is 3.20. The molecule has 9 heteroatoms. The Morgan fingerprint density at radius 1 is 1.23 bits per heavy atom. The lowest BCUT2D eigenvalue weighted by Gasteiger charge is -2.18. The molecule has 0 radical (unpaired) electrons. The van der Waals surface area contributed by atoms with E-state index in [-0.39, 0.29) is 30.3 Å². The van der Waals surface area contributed by atoms with Crippen LogP contribution in [-0.4, -0.2) is 27.8 Å². The van der Waals surface area contributed by atoms with Crippen LogP contribution < -0.4 is 19.5 Å². The highest BCUT2D eigenvalue weighted by Gasteiger charge is 2.20. The summed E-state index contributed by atoms with van der Waals surface area (Å²) in [5.41, 5.74) is -0.355. The molecule has 2 aromatic carbocycles. The van der Waals surface area contributed by atoms with Gasteiger partial charge in [-0.05, 0) is 37.6 Å². The Labute approximate surface area is 177 Å². The molecule has 0 fully saturated rings. The van der Waals surface area contributed by atoms with Gasteiger partial charge >= 0.3 is 0 Å². The number of halogens is 1. The molecule has 31 heavy (non-hydrogen) atoms. The number of amides is 1. The molecule has 1 aliphatic rings. The van der Waals surface area contributed by atoms with E-state index in [9.17, 15) is 14.3 Å². The molecule has 0 spiro atoms. The second-order valence-corrected chi connectivity index (χ2v) is 7.41.